The predicted molar refractivity (Wildman–Crippen MR) is 78.7 cm³/mol. The summed E-state index contributed by atoms with van der Waals surface area (Å²) >= 11 is 0. The molecule has 1 atom stereocenters. The van der Waals surface area contributed by atoms with Gasteiger partial charge in [0.05, 0.1) is 5.56 Å². The molecular weight excluding hydrogens is 291 g/mol. The van der Waals surface area contributed by atoms with E-state index >= 15 is 0 Å². The summed E-state index contributed by atoms with van der Waals surface area (Å²) in [4.78, 5) is 0. The van der Waals surface area contributed by atoms with Crippen molar-refractivity contribution < 1.29 is 17.9 Å². The van der Waals surface area contributed by atoms with Crippen LogP contribution in [0.5, 0.6) is 5.75 Å². The van der Waals surface area contributed by atoms with Gasteiger partial charge in [0.15, 0.2) is 0 Å². The summed E-state index contributed by atoms with van der Waals surface area (Å²) in [5.41, 5.74) is 6.54. The summed E-state index contributed by atoms with van der Waals surface area (Å²) in [7, 11) is 0. The lowest BCUT2D eigenvalue weighted by molar-refractivity contribution is -0.137. The van der Waals surface area contributed by atoms with Crippen molar-refractivity contribution in [2.24, 2.45) is 5.73 Å². The van der Waals surface area contributed by atoms with Gasteiger partial charge in [0, 0.05) is 12.1 Å². The number of benzene rings is 2. The lowest BCUT2D eigenvalue weighted by atomic mass is 9.93. The average molecular weight is 307 g/mol. The van der Waals surface area contributed by atoms with Crippen molar-refractivity contribution in [3.63, 3.8) is 0 Å². The Morgan fingerprint density at radius 1 is 1.05 bits per heavy atom. The van der Waals surface area contributed by atoms with Crippen molar-refractivity contribution in [3.05, 3.63) is 53.6 Å². The van der Waals surface area contributed by atoms with E-state index < -0.39 is 11.7 Å². The third-order valence-corrected chi connectivity index (χ3v) is 3.90. The highest BCUT2D eigenvalue weighted by atomic mass is 19.4. The number of para-hydroxylation sites is 1. The first kappa shape index (κ1) is 14.9. The Bertz CT molecular complexity index is 682. The van der Waals surface area contributed by atoms with Gasteiger partial charge < -0.3 is 10.5 Å². The standard InChI is InChI=1S/C17H16F3NO/c18-17(19,20)15-7-2-1-5-13(15)14-6-3-4-11-8-9-12(10-21)22-16(11)14/h1-7,12H,8-10,21H2/t12-/m1/s1. The number of fused-ring (bicyclic) bond motifs is 1. The number of hydrogen-bond acceptors (Lipinski definition) is 2. The Hall–Kier alpha value is -2.01. The van der Waals surface area contributed by atoms with Gasteiger partial charge in [-0.15, -0.1) is 0 Å². The molecule has 0 amide bonds. The van der Waals surface area contributed by atoms with Gasteiger partial charge in [0.2, 0.25) is 0 Å². The first-order valence-electron chi connectivity index (χ1n) is 7.16. The van der Waals surface area contributed by atoms with E-state index in [1.54, 1.807) is 18.2 Å². The molecule has 2 aromatic rings. The Labute approximate surface area is 126 Å². The van der Waals surface area contributed by atoms with Crippen LogP contribution in [0, 0.1) is 0 Å². The van der Waals surface area contributed by atoms with Crippen molar-refractivity contribution in [3.8, 4) is 16.9 Å². The van der Waals surface area contributed by atoms with E-state index in [0.29, 0.717) is 17.9 Å². The molecule has 2 N–H and O–H groups in total. The van der Waals surface area contributed by atoms with E-state index in [-0.39, 0.29) is 11.7 Å². The van der Waals surface area contributed by atoms with Gasteiger partial charge in [-0.2, -0.15) is 13.2 Å². The van der Waals surface area contributed by atoms with Crippen LogP contribution in [0.4, 0.5) is 13.2 Å². The first-order chi connectivity index (χ1) is 10.5. The molecule has 0 bridgehead atoms. The Morgan fingerprint density at radius 2 is 1.77 bits per heavy atom. The molecule has 0 unspecified atom stereocenters. The molecule has 0 aliphatic carbocycles. The maximum atomic E-state index is 13.2. The van der Waals surface area contributed by atoms with E-state index in [0.717, 1.165) is 24.5 Å². The molecular formula is C17H16F3NO. The monoisotopic (exact) mass is 307 g/mol. The Balaban J connectivity index is 2.15. The molecule has 0 saturated heterocycles. The normalized spacial score (nSPS) is 17.7. The molecule has 0 aromatic heterocycles. The van der Waals surface area contributed by atoms with Crippen LogP contribution < -0.4 is 10.5 Å². The van der Waals surface area contributed by atoms with Crippen LogP contribution in [-0.2, 0) is 12.6 Å². The second-order valence-corrected chi connectivity index (χ2v) is 5.35. The van der Waals surface area contributed by atoms with Gasteiger partial charge >= 0.3 is 6.18 Å². The third-order valence-electron chi connectivity index (χ3n) is 3.90. The van der Waals surface area contributed by atoms with Crippen molar-refractivity contribution in [1.82, 2.24) is 0 Å². The smallest absolute Gasteiger partial charge is 0.417 e. The van der Waals surface area contributed by atoms with Gasteiger partial charge in [0.1, 0.15) is 11.9 Å². The van der Waals surface area contributed by atoms with Crippen LogP contribution in [0.2, 0.25) is 0 Å². The van der Waals surface area contributed by atoms with Gasteiger partial charge in [-0.05, 0) is 30.0 Å². The molecule has 1 aliphatic heterocycles. The van der Waals surface area contributed by atoms with Crippen LogP contribution in [0.25, 0.3) is 11.1 Å². The van der Waals surface area contributed by atoms with E-state index in [9.17, 15) is 13.2 Å². The summed E-state index contributed by atoms with van der Waals surface area (Å²) in [5.74, 6) is 0.529. The quantitative estimate of drug-likeness (QED) is 0.909. The zero-order valence-electron chi connectivity index (χ0n) is 11.9. The average Bonchev–Trinajstić information content (AvgIpc) is 2.53. The number of nitrogens with two attached hydrogens (primary N) is 1. The molecule has 0 radical (unpaired) electrons. The van der Waals surface area contributed by atoms with E-state index in [1.165, 1.54) is 12.1 Å². The topological polar surface area (TPSA) is 35.2 Å². The van der Waals surface area contributed by atoms with Crippen LogP contribution >= 0.6 is 0 Å². The van der Waals surface area contributed by atoms with Gasteiger partial charge in [-0.1, -0.05) is 36.4 Å². The molecule has 22 heavy (non-hydrogen) atoms. The zero-order chi connectivity index (χ0) is 15.7. The number of ether oxygens (including phenoxy) is 1. The largest absolute Gasteiger partial charge is 0.488 e. The minimum absolute atomic E-state index is 0.143. The summed E-state index contributed by atoms with van der Waals surface area (Å²) in [5, 5.41) is 0. The summed E-state index contributed by atoms with van der Waals surface area (Å²) in [6, 6.07) is 10.9. The van der Waals surface area contributed by atoms with E-state index in [2.05, 4.69) is 0 Å². The third kappa shape index (κ3) is 2.68. The molecule has 0 fully saturated rings. The predicted octanol–water partition coefficient (Wildman–Crippen LogP) is 4.02. The van der Waals surface area contributed by atoms with Crippen LogP contribution in [0.15, 0.2) is 42.5 Å². The molecule has 0 spiro atoms. The second-order valence-electron chi connectivity index (χ2n) is 5.35. The molecule has 2 nitrogen and oxygen atoms in total. The van der Waals surface area contributed by atoms with Crippen molar-refractivity contribution >= 4 is 0 Å². The molecule has 0 saturated carbocycles. The van der Waals surface area contributed by atoms with Crippen LogP contribution in [-0.4, -0.2) is 12.6 Å². The van der Waals surface area contributed by atoms with E-state index in [4.69, 9.17) is 10.5 Å². The maximum Gasteiger partial charge on any atom is 0.417 e. The van der Waals surface area contributed by atoms with E-state index in [1.807, 2.05) is 6.07 Å². The van der Waals surface area contributed by atoms with Crippen molar-refractivity contribution in [2.75, 3.05) is 6.54 Å². The number of hydrogen-bond donors (Lipinski definition) is 1. The molecule has 5 heteroatoms. The molecule has 1 heterocycles. The second kappa shape index (κ2) is 5.65. The highest BCUT2D eigenvalue weighted by Crippen LogP contribution is 2.43. The minimum atomic E-state index is -4.40. The number of halogens is 3. The Kier molecular flexibility index (Phi) is 3.83. The van der Waals surface area contributed by atoms with Gasteiger partial charge in [0.25, 0.3) is 0 Å². The fourth-order valence-corrected chi connectivity index (χ4v) is 2.81. The molecule has 3 rings (SSSR count). The van der Waals surface area contributed by atoms with Crippen LogP contribution in [0.1, 0.15) is 17.5 Å². The highest BCUT2D eigenvalue weighted by Gasteiger charge is 2.34. The SMILES string of the molecule is NC[C@H]1CCc2cccc(-c3ccccc3C(F)(F)F)c2O1. The van der Waals surface area contributed by atoms with Crippen molar-refractivity contribution in [1.29, 1.82) is 0 Å². The molecule has 116 valence electrons. The van der Waals surface area contributed by atoms with Gasteiger partial charge in [-0.3, -0.25) is 0 Å². The number of rotatable bonds is 2. The molecule has 1 aliphatic rings. The summed E-state index contributed by atoms with van der Waals surface area (Å²) < 4.78 is 45.6. The lowest BCUT2D eigenvalue weighted by Crippen LogP contribution is -2.30. The number of alkyl halides is 3. The summed E-state index contributed by atoms with van der Waals surface area (Å²) in [6.07, 6.45) is -3.00. The minimum Gasteiger partial charge on any atom is -0.488 e. The maximum absolute atomic E-state index is 13.2. The lowest BCUT2D eigenvalue weighted by Gasteiger charge is -2.27. The number of aryl methyl sites for hydroxylation is 1. The first-order valence-corrected chi connectivity index (χ1v) is 7.16. The van der Waals surface area contributed by atoms with Crippen LogP contribution in [0.3, 0.4) is 0 Å². The van der Waals surface area contributed by atoms with Crippen molar-refractivity contribution in [2.45, 2.75) is 25.1 Å². The highest BCUT2D eigenvalue weighted by molar-refractivity contribution is 5.75. The zero-order valence-corrected chi connectivity index (χ0v) is 11.9. The molecule has 2 aromatic carbocycles. The fraction of sp³-hybridized carbons (Fsp3) is 0.294. The van der Waals surface area contributed by atoms with Gasteiger partial charge in [-0.25, -0.2) is 0 Å². The summed E-state index contributed by atoms with van der Waals surface area (Å²) in [6.45, 7) is 0.356. The Morgan fingerprint density at radius 3 is 2.50 bits per heavy atom. The fourth-order valence-electron chi connectivity index (χ4n) is 2.81.